The van der Waals surface area contributed by atoms with Crippen LogP contribution in [0.2, 0.25) is 0 Å². The van der Waals surface area contributed by atoms with E-state index < -0.39 is 0 Å². The van der Waals surface area contributed by atoms with E-state index in [9.17, 15) is 0 Å². The summed E-state index contributed by atoms with van der Waals surface area (Å²) in [6.45, 7) is 3.80. The van der Waals surface area contributed by atoms with Gasteiger partial charge in [0.25, 0.3) is 0 Å². The molecular weight excluding hydrogens is 224 g/mol. The van der Waals surface area contributed by atoms with Gasteiger partial charge < -0.3 is 9.88 Å². The Morgan fingerprint density at radius 2 is 2.33 bits per heavy atom. The van der Waals surface area contributed by atoms with Gasteiger partial charge in [0.2, 0.25) is 0 Å². The van der Waals surface area contributed by atoms with Crippen LogP contribution in [0.1, 0.15) is 17.5 Å². The number of nitrogens with zero attached hydrogens (tertiary/aromatic N) is 3. The van der Waals surface area contributed by atoms with Crippen LogP contribution in [-0.2, 0) is 6.54 Å². The summed E-state index contributed by atoms with van der Waals surface area (Å²) in [4.78, 5) is 4.00. The molecule has 1 aromatic carbocycles. The van der Waals surface area contributed by atoms with E-state index in [0.717, 1.165) is 30.8 Å². The average Bonchev–Trinajstić information content (AvgIpc) is 2.88. The summed E-state index contributed by atoms with van der Waals surface area (Å²) >= 11 is 0. The maximum absolute atomic E-state index is 9.01. The number of hydrogen-bond donors (Lipinski definition) is 1. The smallest absolute Gasteiger partial charge is 0.101 e. The minimum atomic E-state index is 0.697. The monoisotopic (exact) mass is 240 g/mol. The number of aryl methyl sites for hydroxylation is 2. The van der Waals surface area contributed by atoms with Gasteiger partial charge >= 0.3 is 0 Å². The van der Waals surface area contributed by atoms with Crippen LogP contribution in [0.4, 0.5) is 5.69 Å². The zero-order chi connectivity index (χ0) is 12.8. The van der Waals surface area contributed by atoms with Gasteiger partial charge in [-0.15, -0.1) is 0 Å². The summed E-state index contributed by atoms with van der Waals surface area (Å²) in [6.07, 6.45) is 6.54. The summed E-state index contributed by atoms with van der Waals surface area (Å²) in [5, 5.41) is 12.3. The third-order valence-corrected chi connectivity index (χ3v) is 2.76. The Morgan fingerprint density at radius 1 is 1.44 bits per heavy atom. The largest absolute Gasteiger partial charge is 0.384 e. The zero-order valence-corrected chi connectivity index (χ0v) is 10.4. The SMILES string of the molecule is Cc1ccc(C#N)c(NCCCn2ccnc2)c1. The van der Waals surface area contributed by atoms with E-state index in [-0.39, 0.29) is 0 Å². The van der Waals surface area contributed by atoms with Crippen LogP contribution < -0.4 is 5.32 Å². The first-order valence-corrected chi connectivity index (χ1v) is 6.00. The summed E-state index contributed by atoms with van der Waals surface area (Å²) in [5.74, 6) is 0. The second-order valence-corrected chi connectivity index (χ2v) is 4.24. The first-order valence-electron chi connectivity index (χ1n) is 6.00. The molecule has 0 saturated heterocycles. The molecule has 1 heterocycles. The lowest BCUT2D eigenvalue weighted by atomic mass is 10.1. The van der Waals surface area contributed by atoms with Crippen molar-refractivity contribution >= 4 is 5.69 Å². The lowest BCUT2D eigenvalue weighted by molar-refractivity contribution is 0.661. The Labute approximate surface area is 107 Å². The summed E-state index contributed by atoms with van der Waals surface area (Å²) < 4.78 is 2.04. The van der Waals surface area contributed by atoms with E-state index in [1.807, 2.05) is 42.2 Å². The second kappa shape index (κ2) is 5.87. The average molecular weight is 240 g/mol. The molecule has 1 aromatic heterocycles. The molecule has 1 N–H and O–H groups in total. The molecule has 2 rings (SSSR count). The highest BCUT2D eigenvalue weighted by molar-refractivity contribution is 5.58. The normalized spacial score (nSPS) is 10.0. The molecule has 92 valence electrons. The lowest BCUT2D eigenvalue weighted by Gasteiger charge is -2.09. The molecule has 0 saturated carbocycles. The molecule has 0 spiro atoms. The number of imidazole rings is 1. The highest BCUT2D eigenvalue weighted by atomic mass is 15.0. The summed E-state index contributed by atoms with van der Waals surface area (Å²) in [6, 6.07) is 8.02. The van der Waals surface area contributed by atoms with Crippen molar-refractivity contribution in [3.8, 4) is 6.07 Å². The number of anilines is 1. The molecule has 4 heteroatoms. The van der Waals surface area contributed by atoms with E-state index in [2.05, 4.69) is 16.4 Å². The van der Waals surface area contributed by atoms with E-state index in [1.54, 1.807) is 6.20 Å². The molecule has 0 aliphatic heterocycles. The van der Waals surface area contributed by atoms with Crippen LogP contribution in [0.5, 0.6) is 0 Å². The molecule has 0 atom stereocenters. The fourth-order valence-corrected chi connectivity index (χ4v) is 1.81. The van der Waals surface area contributed by atoms with Crippen molar-refractivity contribution < 1.29 is 0 Å². The minimum Gasteiger partial charge on any atom is -0.384 e. The number of nitrogens with one attached hydrogen (secondary N) is 1. The van der Waals surface area contributed by atoms with Crippen molar-refractivity contribution in [2.75, 3.05) is 11.9 Å². The third kappa shape index (κ3) is 3.11. The molecule has 0 aliphatic carbocycles. The van der Waals surface area contributed by atoms with Gasteiger partial charge in [-0.1, -0.05) is 6.07 Å². The van der Waals surface area contributed by atoms with Gasteiger partial charge in [0, 0.05) is 25.5 Å². The van der Waals surface area contributed by atoms with Crippen molar-refractivity contribution in [1.29, 1.82) is 5.26 Å². The van der Waals surface area contributed by atoms with Crippen LogP contribution in [-0.4, -0.2) is 16.1 Å². The van der Waals surface area contributed by atoms with Gasteiger partial charge in [-0.25, -0.2) is 4.98 Å². The number of benzene rings is 1. The minimum absolute atomic E-state index is 0.697. The Morgan fingerprint density at radius 3 is 3.06 bits per heavy atom. The maximum atomic E-state index is 9.01. The Kier molecular flexibility index (Phi) is 3.98. The summed E-state index contributed by atoms with van der Waals surface area (Å²) in [5.41, 5.74) is 2.78. The van der Waals surface area contributed by atoms with Gasteiger partial charge in [0.05, 0.1) is 17.6 Å². The topological polar surface area (TPSA) is 53.6 Å². The van der Waals surface area contributed by atoms with Crippen molar-refractivity contribution in [1.82, 2.24) is 9.55 Å². The fraction of sp³-hybridized carbons (Fsp3) is 0.286. The van der Waals surface area contributed by atoms with Crippen LogP contribution in [0.15, 0.2) is 36.9 Å². The molecule has 0 unspecified atom stereocenters. The van der Waals surface area contributed by atoms with Crippen LogP contribution in [0.3, 0.4) is 0 Å². The van der Waals surface area contributed by atoms with E-state index >= 15 is 0 Å². The van der Waals surface area contributed by atoms with Gasteiger partial charge in [-0.05, 0) is 31.0 Å². The number of aromatic nitrogens is 2. The molecule has 0 bridgehead atoms. The number of hydrogen-bond acceptors (Lipinski definition) is 3. The highest BCUT2D eigenvalue weighted by Gasteiger charge is 2.01. The second-order valence-electron chi connectivity index (χ2n) is 4.24. The quantitative estimate of drug-likeness (QED) is 0.817. The first-order chi connectivity index (χ1) is 8.79. The predicted molar refractivity (Wildman–Crippen MR) is 71.2 cm³/mol. The fourth-order valence-electron chi connectivity index (χ4n) is 1.81. The highest BCUT2D eigenvalue weighted by Crippen LogP contribution is 2.16. The molecule has 2 aromatic rings. The Balaban J connectivity index is 1.86. The molecule has 4 nitrogen and oxygen atoms in total. The van der Waals surface area contributed by atoms with Crippen LogP contribution in [0.25, 0.3) is 0 Å². The number of rotatable bonds is 5. The van der Waals surface area contributed by atoms with E-state index in [1.165, 1.54) is 0 Å². The first kappa shape index (κ1) is 12.2. The van der Waals surface area contributed by atoms with Gasteiger partial charge in [-0.2, -0.15) is 5.26 Å². The Hall–Kier alpha value is -2.28. The molecule has 0 fully saturated rings. The Bertz CT molecular complexity index is 537. The van der Waals surface area contributed by atoms with Crippen molar-refractivity contribution in [2.24, 2.45) is 0 Å². The van der Waals surface area contributed by atoms with E-state index in [0.29, 0.717) is 5.56 Å². The zero-order valence-electron chi connectivity index (χ0n) is 10.4. The molecule has 0 amide bonds. The van der Waals surface area contributed by atoms with Gasteiger partial charge in [0.1, 0.15) is 6.07 Å². The third-order valence-electron chi connectivity index (χ3n) is 2.76. The molecular formula is C14H16N4. The van der Waals surface area contributed by atoms with Crippen molar-refractivity contribution in [3.63, 3.8) is 0 Å². The maximum Gasteiger partial charge on any atom is 0.101 e. The van der Waals surface area contributed by atoms with Gasteiger partial charge in [-0.3, -0.25) is 0 Å². The standard InChI is InChI=1S/C14H16N4/c1-12-3-4-13(10-15)14(9-12)17-5-2-7-18-8-6-16-11-18/h3-4,6,8-9,11,17H,2,5,7H2,1H3. The predicted octanol–water partition coefficient (Wildman–Crippen LogP) is 2.57. The van der Waals surface area contributed by atoms with E-state index in [4.69, 9.17) is 5.26 Å². The van der Waals surface area contributed by atoms with Crippen molar-refractivity contribution in [2.45, 2.75) is 19.9 Å². The lowest BCUT2D eigenvalue weighted by Crippen LogP contribution is -2.07. The molecule has 18 heavy (non-hydrogen) atoms. The summed E-state index contributed by atoms with van der Waals surface area (Å²) in [7, 11) is 0. The molecule has 0 radical (unpaired) electrons. The van der Waals surface area contributed by atoms with Crippen LogP contribution in [0, 0.1) is 18.3 Å². The molecule has 0 aliphatic rings. The van der Waals surface area contributed by atoms with Crippen LogP contribution >= 0.6 is 0 Å². The number of nitriles is 1. The van der Waals surface area contributed by atoms with Gasteiger partial charge in [0.15, 0.2) is 0 Å². The van der Waals surface area contributed by atoms with Crippen molar-refractivity contribution in [3.05, 3.63) is 48.0 Å².